The van der Waals surface area contributed by atoms with Crippen molar-refractivity contribution in [2.24, 2.45) is 5.41 Å². The topological polar surface area (TPSA) is 110 Å². The minimum Gasteiger partial charge on any atom is -0.497 e. The number of carbonyl (C=O) groups is 1. The number of ketones is 1. The number of methoxy groups -OCH3 is 1. The van der Waals surface area contributed by atoms with E-state index in [4.69, 9.17) is 10.5 Å². The van der Waals surface area contributed by atoms with Gasteiger partial charge in [-0.05, 0) is 29.5 Å². The Morgan fingerprint density at radius 2 is 1.89 bits per heavy atom. The fourth-order valence-electron chi connectivity index (χ4n) is 4.06. The van der Waals surface area contributed by atoms with Gasteiger partial charge in [0.1, 0.15) is 11.6 Å². The number of allylic oxidation sites excluding steroid dienone is 2. The van der Waals surface area contributed by atoms with Crippen LogP contribution in [-0.4, -0.2) is 22.9 Å². The molecule has 0 radical (unpaired) electrons. The molecule has 1 atom stereocenters. The average molecular weight is 366 g/mol. The van der Waals surface area contributed by atoms with Crippen molar-refractivity contribution >= 4 is 17.5 Å². The van der Waals surface area contributed by atoms with E-state index in [1.54, 1.807) is 7.11 Å². The number of hydrogen-bond donors (Lipinski definition) is 3. The van der Waals surface area contributed by atoms with E-state index in [0.717, 1.165) is 11.3 Å². The Morgan fingerprint density at radius 3 is 2.56 bits per heavy atom. The number of anilines is 2. The Labute approximate surface area is 156 Å². The van der Waals surface area contributed by atoms with Crippen LogP contribution >= 0.6 is 0 Å². The van der Waals surface area contributed by atoms with E-state index in [9.17, 15) is 9.59 Å². The first-order valence-corrected chi connectivity index (χ1v) is 8.86. The summed E-state index contributed by atoms with van der Waals surface area (Å²) in [5.74, 6) is 0.744. The fourth-order valence-corrected chi connectivity index (χ4v) is 4.06. The Hall–Kier alpha value is -3.09. The molecular weight excluding hydrogens is 344 g/mol. The van der Waals surface area contributed by atoms with Crippen molar-refractivity contribution in [1.82, 2.24) is 9.97 Å². The number of fused-ring (bicyclic) bond motifs is 1. The molecule has 4 N–H and O–H groups in total. The quantitative estimate of drug-likeness (QED) is 0.753. The molecule has 0 bridgehead atoms. The maximum absolute atomic E-state index is 13.1. The highest BCUT2D eigenvalue weighted by atomic mass is 16.5. The molecule has 1 aliphatic heterocycles. The summed E-state index contributed by atoms with van der Waals surface area (Å²) >= 11 is 0. The molecule has 0 spiro atoms. The second-order valence-corrected chi connectivity index (χ2v) is 7.88. The van der Waals surface area contributed by atoms with Gasteiger partial charge in [-0.15, -0.1) is 0 Å². The van der Waals surface area contributed by atoms with E-state index in [2.05, 4.69) is 29.1 Å². The van der Waals surface area contributed by atoms with E-state index in [0.29, 0.717) is 35.5 Å². The maximum atomic E-state index is 13.1. The number of carbonyl (C=O) groups excluding carboxylic acids is 1. The van der Waals surface area contributed by atoms with Gasteiger partial charge in [-0.2, -0.15) is 4.98 Å². The molecule has 2 heterocycles. The molecule has 0 saturated heterocycles. The van der Waals surface area contributed by atoms with Crippen LogP contribution in [0, 0.1) is 5.41 Å². The lowest BCUT2D eigenvalue weighted by molar-refractivity contribution is -0.118. The van der Waals surface area contributed by atoms with Gasteiger partial charge >= 0.3 is 0 Å². The monoisotopic (exact) mass is 366 g/mol. The van der Waals surface area contributed by atoms with Gasteiger partial charge in [0.2, 0.25) is 5.95 Å². The molecule has 2 aromatic rings. The summed E-state index contributed by atoms with van der Waals surface area (Å²) in [7, 11) is 1.60. The van der Waals surface area contributed by atoms with Gasteiger partial charge in [0.05, 0.1) is 12.7 Å². The van der Waals surface area contributed by atoms with Gasteiger partial charge in [-0.3, -0.25) is 14.6 Å². The molecule has 1 aliphatic carbocycles. The van der Waals surface area contributed by atoms with Gasteiger partial charge in [-0.1, -0.05) is 26.0 Å². The number of benzene rings is 1. The zero-order valence-electron chi connectivity index (χ0n) is 15.6. The Bertz CT molecular complexity index is 1020. The summed E-state index contributed by atoms with van der Waals surface area (Å²) < 4.78 is 5.23. The average Bonchev–Trinajstić information content (AvgIpc) is 2.58. The lowest BCUT2D eigenvalue weighted by Crippen LogP contribution is -2.37. The number of aromatic nitrogens is 2. The minimum atomic E-state index is -0.484. The normalized spacial score (nSPS) is 20.6. The zero-order chi connectivity index (χ0) is 19.3. The molecule has 1 aromatic heterocycles. The highest BCUT2D eigenvalue weighted by molar-refractivity contribution is 6.01. The van der Waals surface area contributed by atoms with E-state index in [1.165, 1.54) is 0 Å². The smallest absolute Gasteiger partial charge is 0.258 e. The number of nitrogens with one attached hydrogen (secondary N) is 2. The Morgan fingerprint density at radius 1 is 1.19 bits per heavy atom. The number of nitrogen functional groups attached to an aromatic ring is 1. The number of aromatic amines is 1. The van der Waals surface area contributed by atoms with E-state index < -0.39 is 5.92 Å². The number of nitrogens with zero attached hydrogens (tertiary/aromatic N) is 1. The van der Waals surface area contributed by atoms with Crippen LogP contribution < -0.4 is 21.3 Å². The predicted octanol–water partition coefficient (Wildman–Crippen LogP) is 2.56. The molecule has 0 saturated carbocycles. The van der Waals surface area contributed by atoms with Gasteiger partial charge in [0.15, 0.2) is 5.78 Å². The van der Waals surface area contributed by atoms with Gasteiger partial charge in [0, 0.05) is 23.6 Å². The lowest BCUT2D eigenvalue weighted by Gasteiger charge is -2.38. The van der Waals surface area contributed by atoms with Gasteiger partial charge in [-0.25, -0.2) is 0 Å². The lowest BCUT2D eigenvalue weighted by atomic mass is 9.69. The van der Waals surface area contributed by atoms with Crippen molar-refractivity contribution in [3.8, 4) is 5.75 Å². The van der Waals surface area contributed by atoms with Crippen LogP contribution in [0.1, 0.15) is 43.7 Å². The molecule has 1 aromatic carbocycles. The standard InChI is InChI=1S/C20H22N4O3/c1-20(2)8-12-15(13(25)9-20)14(10-4-6-11(27-3)7-5-10)16-17(22-12)23-19(21)24-18(16)26/h4-7,14H,8-9H2,1-3H3,(H4,21,22,23,24,26)/t14-/m1/s1. The summed E-state index contributed by atoms with van der Waals surface area (Å²) in [6.45, 7) is 4.13. The number of nitrogens with two attached hydrogens (primary N) is 1. The Kier molecular flexibility index (Phi) is 3.83. The van der Waals surface area contributed by atoms with E-state index >= 15 is 0 Å². The highest BCUT2D eigenvalue weighted by Crippen LogP contribution is 2.47. The molecule has 0 unspecified atom stereocenters. The van der Waals surface area contributed by atoms with Crippen LogP contribution in [0.3, 0.4) is 0 Å². The first-order chi connectivity index (χ1) is 12.8. The molecular formula is C20H22N4O3. The van der Waals surface area contributed by atoms with Gasteiger partial charge in [0.25, 0.3) is 5.56 Å². The van der Waals surface area contributed by atoms with E-state index in [1.807, 2.05) is 24.3 Å². The van der Waals surface area contributed by atoms with E-state index in [-0.39, 0.29) is 22.7 Å². The van der Waals surface area contributed by atoms with Crippen molar-refractivity contribution in [1.29, 1.82) is 0 Å². The first-order valence-electron chi connectivity index (χ1n) is 8.86. The summed E-state index contributed by atoms with van der Waals surface area (Å²) in [5, 5.41) is 3.21. The Balaban J connectivity index is 1.96. The largest absolute Gasteiger partial charge is 0.497 e. The molecule has 0 fully saturated rings. The number of hydrogen-bond acceptors (Lipinski definition) is 6. The van der Waals surface area contributed by atoms with Crippen molar-refractivity contribution in [2.45, 2.75) is 32.6 Å². The van der Waals surface area contributed by atoms with Crippen molar-refractivity contribution < 1.29 is 9.53 Å². The number of ether oxygens (including phenoxy) is 1. The molecule has 0 amide bonds. The van der Waals surface area contributed by atoms with Crippen LogP contribution in [0.4, 0.5) is 11.8 Å². The second kappa shape index (κ2) is 5.97. The number of rotatable bonds is 2. The first kappa shape index (κ1) is 17.3. The van der Waals surface area contributed by atoms with Crippen LogP contribution in [0.25, 0.3) is 0 Å². The van der Waals surface area contributed by atoms with Crippen molar-refractivity contribution in [3.05, 3.63) is 57.0 Å². The fraction of sp³-hybridized carbons (Fsp3) is 0.350. The third kappa shape index (κ3) is 2.89. The summed E-state index contributed by atoms with van der Waals surface area (Å²) in [4.78, 5) is 32.6. The minimum absolute atomic E-state index is 0.0465. The van der Waals surface area contributed by atoms with Crippen molar-refractivity contribution in [3.63, 3.8) is 0 Å². The summed E-state index contributed by atoms with van der Waals surface area (Å²) in [6.07, 6.45) is 1.14. The molecule has 7 heteroatoms. The molecule has 140 valence electrons. The predicted molar refractivity (Wildman–Crippen MR) is 103 cm³/mol. The summed E-state index contributed by atoms with van der Waals surface area (Å²) in [5.41, 5.74) is 7.98. The maximum Gasteiger partial charge on any atom is 0.258 e. The molecule has 7 nitrogen and oxygen atoms in total. The second-order valence-electron chi connectivity index (χ2n) is 7.88. The highest BCUT2D eigenvalue weighted by Gasteiger charge is 2.42. The molecule has 27 heavy (non-hydrogen) atoms. The van der Waals surface area contributed by atoms with Crippen LogP contribution in [0.5, 0.6) is 5.75 Å². The summed E-state index contributed by atoms with van der Waals surface area (Å²) in [6, 6.07) is 7.42. The number of H-pyrrole nitrogens is 1. The third-order valence-corrected chi connectivity index (χ3v) is 5.19. The third-order valence-electron chi connectivity index (χ3n) is 5.19. The molecule has 4 rings (SSSR count). The zero-order valence-corrected chi connectivity index (χ0v) is 15.6. The number of Topliss-reactive ketones (excluding diaryl/α,β-unsaturated/α-hetero) is 1. The van der Waals surface area contributed by atoms with Crippen LogP contribution in [0.2, 0.25) is 0 Å². The van der Waals surface area contributed by atoms with Crippen molar-refractivity contribution in [2.75, 3.05) is 18.2 Å². The van der Waals surface area contributed by atoms with Gasteiger partial charge < -0.3 is 15.8 Å². The molecule has 2 aliphatic rings. The van der Waals surface area contributed by atoms with Crippen LogP contribution in [-0.2, 0) is 4.79 Å². The van der Waals surface area contributed by atoms with Crippen LogP contribution in [0.15, 0.2) is 40.3 Å². The SMILES string of the molecule is COc1ccc([C@@H]2C3=C(CC(C)(C)CC3=O)Nc3nc(N)[nH]c(=O)c32)cc1.